The largest absolute Gasteiger partial charge is 0.461 e. The Balaban J connectivity index is 1.43. The van der Waals surface area contributed by atoms with Crippen molar-refractivity contribution in [3.05, 3.63) is 54.5 Å². The van der Waals surface area contributed by atoms with Crippen molar-refractivity contribution in [3.63, 3.8) is 0 Å². The molecule has 1 aliphatic heterocycles. The molecule has 12 nitrogen and oxygen atoms in total. The summed E-state index contributed by atoms with van der Waals surface area (Å²) in [5.41, 5.74) is 6.73. The summed E-state index contributed by atoms with van der Waals surface area (Å²) in [7, 11) is -2.48. The van der Waals surface area contributed by atoms with Crippen LogP contribution in [-0.4, -0.2) is 65.2 Å². The normalized spacial score (nSPS) is 18.2. The van der Waals surface area contributed by atoms with Crippen LogP contribution in [0, 0.1) is 0 Å². The van der Waals surface area contributed by atoms with Crippen molar-refractivity contribution in [2.45, 2.75) is 57.3 Å². The summed E-state index contributed by atoms with van der Waals surface area (Å²) < 4.78 is 44.0. The van der Waals surface area contributed by atoms with Gasteiger partial charge in [-0.2, -0.15) is 10.2 Å². The van der Waals surface area contributed by atoms with Crippen LogP contribution >= 0.6 is 7.75 Å². The zero-order valence-corrected chi connectivity index (χ0v) is 23.3. The van der Waals surface area contributed by atoms with E-state index in [1.165, 1.54) is 6.33 Å². The highest BCUT2D eigenvalue weighted by molar-refractivity contribution is 7.52. The predicted molar refractivity (Wildman–Crippen MR) is 144 cm³/mol. The number of para-hydroxylation sites is 1. The summed E-state index contributed by atoms with van der Waals surface area (Å²) in [6.45, 7) is 4.40. The fourth-order valence-corrected chi connectivity index (χ4v) is 5.71. The smallest absolute Gasteiger partial charge is 0.459 e. The maximum atomic E-state index is 13.9. The van der Waals surface area contributed by atoms with Crippen molar-refractivity contribution < 1.29 is 32.6 Å². The fourth-order valence-electron chi connectivity index (χ4n) is 4.10. The van der Waals surface area contributed by atoms with Gasteiger partial charge in [-0.3, -0.25) is 9.32 Å². The molecule has 2 aromatic heterocycles. The van der Waals surface area contributed by atoms with Crippen LogP contribution in [0.4, 0.5) is 5.82 Å². The van der Waals surface area contributed by atoms with E-state index < -0.39 is 25.4 Å². The standard InChI is InChI=1S/C26H36N5O7P/c1-19(25(32)37-21-12-15-35-16-13-21)30-39(33,38-22-7-5-4-6-8-22)36-17-26(2,34-3)14-11-20-9-10-23-24(27)28-18-29-31(20)23/h4-10,18-19,21H,11-17H2,1-3H3,(H,30,33)(H2,27,28,29)/t19-,26-,39?/m0/s1. The fraction of sp³-hybridized carbons (Fsp3) is 0.500. The molecule has 0 saturated carbocycles. The number of esters is 1. The number of hydrogen-bond acceptors (Lipinski definition) is 10. The van der Waals surface area contributed by atoms with Crippen LogP contribution in [0.1, 0.15) is 38.8 Å². The second-order valence-electron chi connectivity index (χ2n) is 9.70. The number of aromatic nitrogens is 3. The lowest BCUT2D eigenvalue weighted by Crippen LogP contribution is -2.40. The molecule has 3 aromatic rings. The summed E-state index contributed by atoms with van der Waals surface area (Å²) in [4.78, 5) is 16.8. The van der Waals surface area contributed by atoms with Crippen LogP contribution in [0.5, 0.6) is 5.75 Å². The Labute approximate surface area is 227 Å². The molecular formula is C26H36N5O7P. The Hall–Kier alpha value is -3.02. The van der Waals surface area contributed by atoms with Gasteiger partial charge in [-0.05, 0) is 51.0 Å². The number of aryl methyl sites for hydroxylation is 1. The van der Waals surface area contributed by atoms with Crippen molar-refractivity contribution >= 4 is 25.1 Å². The van der Waals surface area contributed by atoms with Gasteiger partial charge in [0.05, 0.1) is 25.4 Å². The number of nitrogens with two attached hydrogens (primary N) is 1. The van der Waals surface area contributed by atoms with Crippen molar-refractivity contribution in [1.82, 2.24) is 19.7 Å². The van der Waals surface area contributed by atoms with Crippen molar-refractivity contribution in [3.8, 4) is 5.75 Å². The van der Waals surface area contributed by atoms with Crippen molar-refractivity contribution in [2.75, 3.05) is 32.7 Å². The Kier molecular flexibility index (Phi) is 9.58. The van der Waals surface area contributed by atoms with E-state index >= 15 is 0 Å². The molecule has 0 aliphatic carbocycles. The van der Waals surface area contributed by atoms with Crippen molar-refractivity contribution in [2.24, 2.45) is 0 Å². The molecule has 1 unspecified atom stereocenters. The first-order chi connectivity index (χ1) is 18.7. The molecule has 1 aliphatic rings. The van der Waals surface area contributed by atoms with Gasteiger partial charge in [-0.15, -0.1) is 0 Å². The molecule has 4 rings (SSSR count). The third-order valence-corrected chi connectivity index (χ3v) is 8.25. The summed E-state index contributed by atoms with van der Waals surface area (Å²) in [6, 6.07) is 11.5. The van der Waals surface area contributed by atoms with E-state index in [1.807, 2.05) is 25.1 Å². The molecule has 0 radical (unpaired) electrons. The summed E-state index contributed by atoms with van der Waals surface area (Å²) >= 11 is 0. The maximum absolute atomic E-state index is 13.9. The van der Waals surface area contributed by atoms with Crippen LogP contribution in [0.25, 0.3) is 5.52 Å². The third-order valence-electron chi connectivity index (χ3n) is 6.63. The molecule has 0 amide bonds. The van der Waals surface area contributed by atoms with Gasteiger partial charge in [0.2, 0.25) is 0 Å². The molecule has 0 spiro atoms. The number of nitrogens with zero attached hydrogens (tertiary/aromatic N) is 3. The lowest BCUT2D eigenvalue weighted by atomic mass is 10.00. The monoisotopic (exact) mass is 561 g/mol. The topological polar surface area (TPSA) is 149 Å². The van der Waals surface area contributed by atoms with Crippen LogP contribution in [0.3, 0.4) is 0 Å². The van der Waals surface area contributed by atoms with E-state index in [4.69, 9.17) is 29.0 Å². The number of ether oxygens (including phenoxy) is 3. The van der Waals surface area contributed by atoms with E-state index in [0.717, 1.165) is 11.2 Å². The number of rotatable bonds is 13. The lowest BCUT2D eigenvalue weighted by Gasteiger charge is -2.31. The van der Waals surface area contributed by atoms with Gasteiger partial charge >= 0.3 is 13.7 Å². The minimum absolute atomic E-state index is 0.0806. The Bertz CT molecular complexity index is 1280. The highest BCUT2D eigenvalue weighted by Crippen LogP contribution is 2.46. The quantitative estimate of drug-likeness (QED) is 0.233. The third kappa shape index (κ3) is 7.77. The van der Waals surface area contributed by atoms with Crippen molar-refractivity contribution in [1.29, 1.82) is 0 Å². The molecule has 0 bridgehead atoms. The lowest BCUT2D eigenvalue weighted by molar-refractivity contribution is -0.154. The second kappa shape index (κ2) is 12.9. The van der Waals surface area contributed by atoms with Gasteiger partial charge in [0, 0.05) is 25.6 Å². The van der Waals surface area contributed by atoms with E-state index in [0.29, 0.717) is 50.5 Å². The van der Waals surface area contributed by atoms with E-state index in [-0.39, 0.29) is 12.7 Å². The highest BCUT2D eigenvalue weighted by Gasteiger charge is 2.36. The Morgan fingerprint density at radius 1 is 1.26 bits per heavy atom. The number of hydrogen-bond donors (Lipinski definition) is 2. The van der Waals surface area contributed by atoms with Crippen LogP contribution < -0.4 is 15.3 Å². The van der Waals surface area contributed by atoms with Gasteiger partial charge < -0.3 is 24.5 Å². The van der Waals surface area contributed by atoms with Gasteiger partial charge in [0.15, 0.2) is 5.82 Å². The first kappa shape index (κ1) is 29.0. The first-order valence-electron chi connectivity index (χ1n) is 12.9. The summed E-state index contributed by atoms with van der Waals surface area (Å²) in [5, 5.41) is 7.02. The molecule has 3 heterocycles. The highest BCUT2D eigenvalue weighted by atomic mass is 31.2. The molecule has 3 N–H and O–H groups in total. The van der Waals surface area contributed by atoms with Crippen LogP contribution in [-0.2, 0) is 34.5 Å². The first-order valence-corrected chi connectivity index (χ1v) is 14.4. The number of anilines is 1. The average molecular weight is 562 g/mol. The Morgan fingerprint density at radius 2 is 2.00 bits per heavy atom. The minimum atomic E-state index is -4.04. The molecule has 39 heavy (non-hydrogen) atoms. The van der Waals surface area contributed by atoms with Gasteiger partial charge in [0.1, 0.15) is 29.7 Å². The summed E-state index contributed by atoms with van der Waals surface area (Å²) in [6.07, 6.45) is 3.48. The number of nitrogens with one attached hydrogen (secondary N) is 1. The molecule has 1 saturated heterocycles. The average Bonchev–Trinajstić information content (AvgIpc) is 3.36. The van der Waals surface area contributed by atoms with Crippen LogP contribution in [0.15, 0.2) is 48.8 Å². The molecule has 3 atom stereocenters. The zero-order chi connectivity index (χ0) is 27.9. The van der Waals surface area contributed by atoms with Gasteiger partial charge in [-0.1, -0.05) is 18.2 Å². The predicted octanol–water partition coefficient (Wildman–Crippen LogP) is 3.55. The second-order valence-corrected chi connectivity index (χ2v) is 11.4. The van der Waals surface area contributed by atoms with E-state index in [9.17, 15) is 9.36 Å². The SMILES string of the molecule is CO[C@@](C)(CCc1ccc2c(N)ncnn12)COP(=O)(N[C@@H](C)C(=O)OC1CCOCC1)Oc1ccccc1. The molecule has 13 heteroatoms. The molecular weight excluding hydrogens is 525 g/mol. The number of carbonyl (C=O) groups excluding carboxylic acids is 1. The maximum Gasteiger partial charge on any atom is 0.459 e. The summed E-state index contributed by atoms with van der Waals surface area (Å²) in [5.74, 6) is 0.177. The number of fused-ring (bicyclic) bond motifs is 1. The van der Waals surface area contributed by atoms with Gasteiger partial charge in [-0.25, -0.2) is 14.1 Å². The molecule has 212 valence electrons. The number of carbonyl (C=O) groups is 1. The molecule has 1 aromatic carbocycles. The number of nitrogen functional groups attached to an aromatic ring is 1. The zero-order valence-electron chi connectivity index (χ0n) is 22.4. The van der Waals surface area contributed by atoms with Gasteiger partial charge in [0.25, 0.3) is 0 Å². The van der Waals surface area contributed by atoms with Crippen LogP contribution in [0.2, 0.25) is 0 Å². The number of methoxy groups -OCH3 is 1. The van der Waals surface area contributed by atoms with E-state index in [2.05, 4.69) is 15.2 Å². The molecule has 1 fully saturated rings. The number of benzene rings is 1. The van der Waals surface area contributed by atoms with E-state index in [1.54, 1.807) is 42.8 Å². The minimum Gasteiger partial charge on any atom is -0.461 e. The Morgan fingerprint density at radius 3 is 2.72 bits per heavy atom.